The number of anilines is 1. The van der Waals surface area contributed by atoms with Crippen molar-refractivity contribution >= 4 is 11.6 Å². The number of rotatable bonds is 5. The Labute approximate surface area is 144 Å². The minimum atomic E-state index is 0.0210. The van der Waals surface area contributed by atoms with E-state index in [4.69, 9.17) is 9.47 Å². The van der Waals surface area contributed by atoms with Crippen molar-refractivity contribution in [3.8, 4) is 11.5 Å². The lowest BCUT2D eigenvalue weighted by molar-refractivity contribution is -0.118. The zero-order valence-electron chi connectivity index (χ0n) is 14.7. The number of amides is 1. The van der Waals surface area contributed by atoms with Crippen LogP contribution in [0, 0.1) is 11.8 Å². The summed E-state index contributed by atoms with van der Waals surface area (Å²) in [6.07, 6.45) is 6.69. The van der Waals surface area contributed by atoms with Crippen LogP contribution in [0.25, 0.3) is 0 Å². The van der Waals surface area contributed by atoms with Crippen molar-refractivity contribution in [3.05, 3.63) is 18.2 Å². The lowest BCUT2D eigenvalue weighted by Gasteiger charge is -2.41. The number of hydrogen-bond donors (Lipinski definition) is 1. The second-order valence-electron chi connectivity index (χ2n) is 6.94. The van der Waals surface area contributed by atoms with E-state index >= 15 is 0 Å². The molecule has 0 radical (unpaired) electrons. The van der Waals surface area contributed by atoms with E-state index in [0.717, 1.165) is 24.9 Å². The van der Waals surface area contributed by atoms with Gasteiger partial charge in [-0.2, -0.15) is 0 Å². The summed E-state index contributed by atoms with van der Waals surface area (Å²) in [6.45, 7) is 2.56. The largest absolute Gasteiger partial charge is 0.497 e. The summed E-state index contributed by atoms with van der Waals surface area (Å²) in [6, 6.07) is 5.43. The molecule has 2 unspecified atom stereocenters. The fourth-order valence-corrected chi connectivity index (χ4v) is 4.11. The number of ether oxygens (including phenoxy) is 2. The predicted molar refractivity (Wildman–Crippen MR) is 94.7 cm³/mol. The van der Waals surface area contributed by atoms with Gasteiger partial charge in [0.15, 0.2) is 0 Å². The highest BCUT2D eigenvalue weighted by Gasteiger charge is 2.31. The molecule has 1 heterocycles. The summed E-state index contributed by atoms with van der Waals surface area (Å²) < 4.78 is 10.5. The Morgan fingerprint density at radius 2 is 1.96 bits per heavy atom. The predicted octanol–water partition coefficient (Wildman–Crippen LogP) is 3.15. The van der Waals surface area contributed by atoms with Crippen molar-refractivity contribution in [1.82, 2.24) is 4.90 Å². The van der Waals surface area contributed by atoms with Crippen molar-refractivity contribution in [2.24, 2.45) is 11.8 Å². The number of carbonyl (C=O) groups is 1. The maximum atomic E-state index is 12.4. The Bertz CT molecular complexity index is 576. The van der Waals surface area contributed by atoms with Crippen LogP contribution in [0.5, 0.6) is 11.5 Å². The average molecular weight is 332 g/mol. The van der Waals surface area contributed by atoms with E-state index in [9.17, 15) is 4.79 Å². The molecular formula is C19H28N2O3. The van der Waals surface area contributed by atoms with E-state index in [1.165, 1.54) is 32.1 Å². The molecule has 1 aliphatic carbocycles. The molecule has 0 aromatic heterocycles. The van der Waals surface area contributed by atoms with Crippen LogP contribution in [0.3, 0.4) is 0 Å². The third-order valence-electron chi connectivity index (χ3n) is 5.43. The fraction of sp³-hybridized carbons (Fsp3) is 0.632. The maximum absolute atomic E-state index is 12.4. The number of hydrogen-bond acceptors (Lipinski definition) is 4. The lowest BCUT2D eigenvalue weighted by atomic mass is 9.75. The first-order chi connectivity index (χ1) is 11.7. The van der Waals surface area contributed by atoms with Gasteiger partial charge < -0.3 is 14.8 Å². The van der Waals surface area contributed by atoms with E-state index in [-0.39, 0.29) is 5.91 Å². The molecule has 2 fully saturated rings. The molecule has 5 nitrogen and oxygen atoms in total. The molecule has 1 saturated heterocycles. The van der Waals surface area contributed by atoms with Gasteiger partial charge in [-0.1, -0.05) is 19.3 Å². The van der Waals surface area contributed by atoms with E-state index in [0.29, 0.717) is 23.7 Å². The van der Waals surface area contributed by atoms with Gasteiger partial charge in [0.2, 0.25) is 5.91 Å². The minimum absolute atomic E-state index is 0.0210. The Balaban J connectivity index is 1.56. The topological polar surface area (TPSA) is 50.8 Å². The number of nitrogens with one attached hydrogen (secondary N) is 1. The first kappa shape index (κ1) is 17.1. The van der Waals surface area contributed by atoms with E-state index in [1.807, 2.05) is 12.1 Å². The van der Waals surface area contributed by atoms with Crippen LogP contribution in [-0.4, -0.2) is 44.7 Å². The summed E-state index contributed by atoms with van der Waals surface area (Å²) in [4.78, 5) is 14.7. The zero-order chi connectivity index (χ0) is 16.9. The van der Waals surface area contributed by atoms with Crippen LogP contribution < -0.4 is 14.8 Å². The number of likely N-dealkylation sites (tertiary alicyclic amines) is 1. The number of methoxy groups -OCH3 is 2. The summed E-state index contributed by atoms with van der Waals surface area (Å²) in [5.74, 6) is 3.03. The Hall–Kier alpha value is -1.75. The third kappa shape index (κ3) is 4.01. The summed E-state index contributed by atoms with van der Waals surface area (Å²) in [5.41, 5.74) is 0.691. The standard InChI is InChI=1S/C19H28N2O3/c1-23-16-7-8-17(18(11-16)24-2)20-19(22)13-21-10-9-14-5-3-4-6-15(14)12-21/h7-8,11,14-15H,3-6,9-10,12-13H2,1-2H3,(H,20,22). The van der Waals surface area contributed by atoms with Gasteiger partial charge in [0.25, 0.3) is 0 Å². The molecule has 1 aromatic rings. The van der Waals surface area contributed by atoms with Crippen LogP contribution in [0.4, 0.5) is 5.69 Å². The average Bonchev–Trinajstić information content (AvgIpc) is 2.62. The number of benzene rings is 1. The van der Waals surface area contributed by atoms with Crippen molar-refractivity contribution in [3.63, 3.8) is 0 Å². The maximum Gasteiger partial charge on any atom is 0.238 e. The van der Waals surface area contributed by atoms with Crippen LogP contribution in [0.15, 0.2) is 18.2 Å². The van der Waals surface area contributed by atoms with Gasteiger partial charge in [0.05, 0.1) is 26.5 Å². The molecule has 2 aliphatic rings. The quantitative estimate of drug-likeness (QED) is 0.900. The molecular weight excluding hydrogens is 304 g/mol. The summed E-state index contributed by atoms with van der Waals surface area (Å²) in [5, 5.41) is 2.97. The summed E-state index contributed by atoms with van der Waals surface area (Å²) >= 11 is 0. The van der Waals surface area contributed by atoms with Crippen molar-refractivity contribution in [1.29, 1.82) is 0 Å². The molecule has 24 heavy (non-hydrogen) atoms. The first-order valence-corrected chi connectivity index (χ1v) is 8.94. The van der Waals surface area contributed by atoms with Crippen LogP contribution in [0.2, 0.25) is 0 Å². The number of nitrogens with zero attached hydrogens (tertiary/aromatic N) is 1. The van der Waals surface area contributed by atoms with E-state index in [2.05, 4.69) is 10.2 Å². The summed E-state index contributed by atoms with van der Waals surface area (Å²) in [7, 11) is 3.21. The molecule has 3 rings (SSSR count). The van der Waals surface area contributed by atoms with Crippen LogP contribution in [-0.2, 0) is 4.79 Å². The van der Waals surface area contributed by atoms with Gasteiger partial charge in [0.1, 0.15) is 11.5 Å². The van der Waals surface area contributed by atoms with Crippen molar-refractivity contribution < 1.29 is 14.3 Å². The highest BCUT2D eigenvalue weighted by atomic mass is 16.5. The molecule has 1 amide bonds. The molecule has 132 valence electrons. The number of carbonyl (C=O) groups excluding carboxylic acids is 1. The zero-order valence-corrected chi connectivity index (χ0v) is 14.7. The molecule has 5 heteroatoms. The van der Waals surface area contributed by atoms with Gasteiger partial charge in [0, 0.05) is 12.6 Å². The first-order valence-electron chi connectivity index (χ1n) is 8.94. The monoisotopic (exact) mass is 332 g/mol. The fourth-order valence-electron chi connectivity index (χ4n) is 4.11. The molecule has 1 aliphatic heterocycles. The second-order valence-corrected chi connectivity index (χ2v) is 6.94. The Morgan fingerprint density at radius 3 is 2.71 bits per heavy atom. The van der Waals surface area contributed by atoms with Gasteiger partial charge in [-0.3, -0.25) is 9.69 Å². The van der Waals surface area contributed by atoms with E-state index in [1.54, 1.807) is 20.3 Å². The minimum Gasteiger partial charge on any atom is -0.497 e. The van der Waals surface area contributed by atoms with Gasteiger partial charge in [-0.25, -0.2) is 0 Å². The number of fused-ring (bicyclic) bond motifs is 1. The van der Waals surface area contributed by atoms with Gasteiger partial charge in [-0.05, 0) is 43.4 Å². The Kier molecular flexibility index (Phi) is 5.61. The highest BCUT2D eigenvalue weighted by molar-refractivity contribution is 5.93. The van der Waals surface area contributed by atoms with Gasteiger partial charge in [-0.15, -0.1) is 0 Å². The highest BCUT2D eigenvalue weighted by Crippen LogP contribution is 2.36. The van der Waals surface area contributed by atoms with E-state index < -0.39 is 0 Å². The molecule has 1 N–H and O–H groups in total. The van der Waals surface area contributed by atoms with Gasteiger partial charge >= 0.3 is 0 Å². The third-order valence-corrected chi connectivity index (χ3v) is 5.43. The molecule has 0 bridgehead atoms. The lowest BCUT2D eigenvalue weighted by Crippen LogP contribution is -2.44. The number of piperidine rings is 1. The Morgan fingerprint density at radius 1 is 1.17 bits per heavy atom. The van der Waals surface area contributed by atoms with Crippen molar-refractivity contribution in [2.45, 2.75) is 32.1 Å². The van der Waals surface area contributed by atoms with Crippen molar-refractivity contribution in [2.75, 3.05) is 39.2 Å². The normalized spacial score (nSPS) is 24.1. The van der Waals surface area contributed by atoms with Crippen LogP contribution in [0.1, 0.15) is 32.1 Å². The molecule has 2 atom stereocenters. The smallest absolute Gasteiger partial charge is 0.238 e. The molecule has 1 aromatic carbocycles. The molecule has 0 spiro atoms. The SMILES string of the molecule is COc1ccc(NC(=O)CN2CCC3CCCCC3C2)c(OC)c1. The van der Waals surface area contributed by atoms with Crippen LogP contribution >= 0.6 is 0 Å². The second kappa shape index (κ2) is 7.88. The molecule has 1 saturated carbocycles.